The van der Waals surface area contributed by atoms with Gasteiger partial charge in [-0.2, -0.15) is 0 Å². The van der Waals surface area contributed by atoms with Gasteiger partial charge < -0.3 is 4.90 Å². The van der Waals surface area contributed by atoms with Crippen LogP contribution in [0.4, 0.5) is 0 Å². The smallest absolute Gasteiger partial charge is 0.150 e. The molecule has 1 fully saturated rings. The first kappa shape index (κ1) is 11.6. The number of aldehydes is 1. The summed E-state index contributed by atoms with van der Waals surface area (Å²) in [5, 5.41) is 0.735. The molecule has 0 atom stereocenters. The molecule has 1 aromatic rings. The largest absolute Gasteiger partial charge is 0.306 e. The standard InChI is InChI=1S/C13H16ClNO/c1-15-6-4-11(5-7-15)12-3-2-10(9-16)8-13(12)14/h2-3,8-9,11H,4-7H2,1H3. The molecule has 1 heterocycles. The van der Waals surface area contributed by atoms with Crippen LogP contribution in [-0.2, 0) is 0 Å². The highest BCUT2D eigenvalue weighted by molar-refractivity contribution is 6.31. The highest BCUT2D eigenvalue weighted by Gasteiger charge is 2.20. The molecule has 0 N–H and O–H groups in total. The molecule has 0 radical (unpaired) electrons. The number of carbonyl (C=O) groups excluding carboxylic acids is 1. The number of benzene rings is 1. The third kappa shape index (κ3) is 2.45. The van der Waals surface area contributed by atoms with Crippen LogP contribution in [0.5, 0.6) is 0 Å². The molecule has 2 nitrogen and oxygen atoms in total. The number of piperidine rings is 1. The number of nitrogens with zero attached hydrogens (tertiary/aromatic N) is 1. The predicted molar refractivity (Wildman–Crippen MR) is 66.3 cm³/mol. The van der Waals surface area contributed by atoms with Crippen LogP contribution in [0.25, 0.3) is 0 Å². The van der Waals surface area contributed by atoms with Crippen molar-refractivity contribution < 1.29 is 4.79 Å². The number of hydrogen-bond acceptors (Lipinski definition) is 2. The molecule has 0 spiro atoms. The fourth-order valence-electron chi connectivity index (χ4n) is 2.27. The van der Waals surface area contributed by atoms with Gasteiger partial charge in [-0.15, -0.1) is 0 Å². The molecule has 16 heavy (non-hydrogen) atoms. The van der Waals surface area contributed by atoms with E-state index in [0.29, 0.717) is 11.5 Å². The van der Waals surface area contributed by atoms with E-state index in [9.17, 15) is 4.79 Å². The lowest BCUT2D eigenvalue weighted by molar-refractivity contribution is 0.112. The Hall–Kier alpha value is -0.860. The van der Waals surface area contributed by atoms with Gasteiger partial charge in [0.25, 0.3) is 0 Å². The highest BCUT2D eigenvalue weighted by atomic mass is 35.5. The van der Waals surface area contributed by atoms with Crippen molar-refractivity contribution in [1.82, 2.24) is 4.90 Å². The molecule has 0 aromatic heterocycles. The minimum atomic E-state index is 0.546. The summed E-state index contributed by atoms with van der Waals surface area (Å²) in [5.74, 6) is 0.546. The second-order valence-electron chi connectivity index (χ2n) is 4.48. The minimum absolute atomic E-state index is 0.546. The molecule has 3 heteroatoms. The van der Waals surface area contributed by atoms with Gasteiger partial charge in [-0.1, -0.05) is 23.7 Å². The van der Waals surface area contributed by atoms with E-state index < -0.39 is 0 Å². The van der Waals surface area contributed by atoms with Crippen LogP contribution < -0.4 is 0 Å². The second-order valence-corrected chi connectivity index (χ2v) is 4.88. The molecule has 1 saturated heterocycles. The zero-order chi connectivity index (χ0) is 11.5. The lowest BCUT2D eigenvalue weighted by Gasteiger charge is -2.29. The molecular formula is C13H16ClNO. The Bertz CT molecular complexity index is 384. The summed E-state index contributed by atoms with van der Waals surface area (Å²) in [7, 11) is 2.15. The van der Waals surface area contributed by atoms with Gasteiger partial charge in [-0.3, -0.25) is 4.79 Å². The van der Waals surface area contributed by atoms with Crippen molar-refractivity contribution in [3.8, 4) is 0 Å². The normalized spacial score (nSPS) is 18.6. The van der Waals surface area contributed by atoms with Gasteiger partial charge in [-0.05, 0) is 50.5 Å². The Balaban J connectivity index is 2.17. The zero-order valence-electron chi connectivity index (χ0n) is 9.45. The maximum absolute atomic E-state index is 10.6. The predicted octanol–water partition coefficient (Wildman–Crippen LogP) is 2.96. The molecule has 1 aliphatic heterocycles. The molecule has 0 aliphatic carbocycles. The van der Waals surface area contributed by atoms with E-state index in [1.54, 1.807) is 6.07 Å². The van der Waals surface area contributed by atoms with Crippen molar-refractivity contribution in [1.29, 1.82) is 0 Å². The Morgan fingerprint density at radius 2 is 2.06 bits per heavy atom. The SMILES string of the molecule is CN1CCC(c2ccc(C=O)cc2Cl)CC1. The number of hydrogen-bond donors (Lipinski definition) is 0. The van der Waals surface area contributed by atoms with Crippen molar-refractivity contribution >= 4 is 17.9 Å². The number of carbonyl (C=O) groups is 1. The van der Waals surface area contributed by atoms with E-state index in [2.05, 4.69) is 11.9 Å². The Kier molecular flexibility index (Phi) is 3.62. The van der Waals surface area contributed by atoms with Crippen molar-refractivity contribution in [3.63, 3.8) is 0 Å². The molecule has 2 rings (SSSR count). The fourth-order valence-corrected chi connectivity index (χ4v) is 2.61. The van der Waals surface area contributed by atoms with E-state index >= 15 is 0 Å². The van der Waals surface area contributed by atoms with Crippen molar-refractivity contribution in [2.45, 2.75) is 18.8 Å². The molecular weight excluding hydrogens is 222 g/mol. The Labute approximate surface area is 101 Å². The lowest BCUT2D eigenvalue weighted by atomic mass is 9.89. The molecule has 0 unspecified atom stereocenters. The molecule has 86 valence electrons. The van der Waals surface area contributed by atoms with Crippen LogP contribution in [0, 0.1) is 0 Å². The average Bonchev–Trinajstić information content (AvgIpc) is 2.30. The second kappa shape index (κ2) is 4.98. The van der Waals surface area contributed by atoms with Crippen LogP contribution in [-0.4, -0.2) is 31.3 Å². The van der Waals surface area contributed by atoms with Crippen molar-refractivity contribution in [3.05, 3.63) is 34.3 Å². The van der Waals surface area contributed by atoms with Crippen LogP contribution >= 0.6 is 11.6 Å². The fraction of sp³-hybridized carbons (Fsp3) is 0.462. The third-order valence-corrected chi connectivity index (χ3v) is 3.65. The monoisotopic (exact) mass is 237 g/mol. The average molecular weight is 238 g/mol. The first-order valence-electron chi connectivity index (χ1n) is 5.64. The molecule has 0 saturated carbocycles. The molecule has 1 aliphatic rings. The summed E-state index contributed by atoms with van der Waals surface area (Å²) in [5.41, 5.74) is 1.85. The third-order valence-electron chi connectivity index (χ3n) is 3.32. The first-order chi connectivity index (χ1) is 7.70. The van der Waals surface area contributed by atoms with Gasteiger partial charge in [0, 0.05) is 10.6 Å². The number of halogens is 1. The van der Waals surface area contributed by atoms with Crippen molar-refractivity contribution in [2.24, 2.45) is 0 Å². The summed E-state index contributed by atoms with van der Waals surface area (Å²) >= 11 is 6.21. The molecule has 1 aromatic carbocycles. The maximum atomic E-state index is 10.6. The Morgan fingerprint density at radius 1 is 1.38 bits per heavy atom. The molecule has 0 amide bonds. The zero-order valence-corrected chi connectivity index (χ0v) is 10.2. The van der Waals surface area contributed by atoms with E-state index in [4.69, 9.17) is 11.6 Å². The summed E-state index contributed by atoms with van der Waals surface area (Å²) in [6.45, 7) is 2.24. The minimum Gasteiger partial charge on any atom is -0.306 e. The van der Waals surface area contributed by atoms with Crippen LogP contribution in [0.1, 0.15) is 34.7 Å². The van der Waals surface area contributed by atoms with E-state index in [0.717, 1.165) is 37.2 Å². The summed E-state index contributed by atoms with van der Waals surface area (Å²) in [4.78, 5) is 13.0. The summed E-state index contributed by atoms with van der Waals surface area (Å²) < 4.78 is 0. The number of likely N-dealkylation sites (tertiary alicyclic amines) is 1. The Morgan fingerprint density at radius 3 is 2.62 bits per heavy atom. The highest BCUT2D eigenvalue weighted by Crippen LogP contribution is 2.32. The van der Waals surface area contributed by atoms with Crippen LogP contribution in [0.15, 0.2) is 18.2 Å². The maximum Gasteiger partial charge on any atom is 0.150 e. The van der Waals surface area contributed by atoms with E-state index in [-0.39, 0.29) is 0 Å². The van der Waals surface area contributed by atoms with Crippen LogP contribution in [0.2, 0.25) is 5.02 Å². The van der Waals surface area contributed by atoms with Gasteiger partial charge in [-0.25, -0.2) is 0 Å². The molecule has 0 bridgehead atoms. The first-order valence-corrected chi connectivity index (χ1v) is 6.01. The lowest BCUT2D eigenvalue weighted by Crippen LogP contribution is -2.29. The van der Waals surface area contributed by atoms with Gasteiger partial charge in [0.15, 0.2) is 0 Å². The van der Waals surface area contributed by atoms with Gasteiger partial charge in [0.2, 0.25) is 0 Å². The summed E-state index contributed by atoms with van der Waals surface area (Å²) in [6.07, 6.45) is 3.14. The van der Waals surface area contributed by atoms with Gasteiger partial charge >= 0.3 is 0 Å². The van der Waals surface area contributed by atoms with E-state index in [1.807, 2.05) is 12.1 Å². The van der Waals surface area contributed by atoms with E-state index in [1.165, 1.54) is 5.56 Å². The topological polar surface area (TPSA) is 20.3 Å². The van der Waals surface area contributed by atoms with Crippen molar-refractivity contribution in [2.75, 3.05) is 20.1 Å². The van der Waals surface area contributed by atoms with Gasteiger partial charge in [0.1, 0.15) is 6.29 Å². The number of rotatable bonds is 2. The van der Waals surface area contributed by atoms with Crippen LogP contribution in [0.3, 0.4) is 0 Å². The summed E-state index contributed by atoms with van der Waals surface area (Å²) in [6, 6.07) is 5.62. The quantitative estimate of drug-likeness (QED) is 0.738. The van der Waals surface area contributed by atoms with Gasteiger partial charge in [0.05, 0.1) is 0 Å².